The molecule has 1 aliphatic heterocycles. The van der Waals surface area contributed by atoms with E-state index in [1.807, 2.05) is 4.90 Å². The second-order valence-corrected chi connectivity index (χ2v) is 7.56. The molecule has 3 aliphatic rings. The number of rotatable bonds is 4. The van der Waals surface area contributed by atoms with Gasteiger partial charge < -0.3 is 15.5 Å². The van der Waals surface area contributed by atoms with Crippen LogP contribution in [-0.2, 0) is 14.4 Å². The molecule has 134 valence electrons. The minimum atomic E-state index is -0.199. The van der Waals surface area contributed by atoms with E-state index in [1.165, 1.54) is 12.8 Å². The molecule has 3 fully saturated rings. The molecule has 1 atom stereocenters. The third-order valence-electron chi connectivity index (χ3n) is 5.99. The first-order valence-corrected chi connectivity index (χ1v) is 9.40. The Morgan fingerprint density at radius 3 is 2.25 bits per heavy atom. The molecule has 0 spiro atoms. The summed E-state index contributed by atoms with van der Waals surface area (Å²) in [7, 11) is 1.67. The molecular formula is C18H29N3O3. The number of hydrogen-bond acceptors (Lipinski definition) is 3. The van der Waals surface area contributed by atoms with Gasteiger partial charge in [0.2, 0.25) is 17.7 Å². The number of nitrogens with one attached hydrogen (secondary N) is 2. The van der Waals surface area contributed by atoms with Gasteiger partial charge in [-0.15, -0.1) is 0 Å². The quantitative estimate of drug-likeness (QED) is 0.810. The summed E-state index contributed by atoms with van der Waals surface area (Å²) in [5, 5.41) is 5.82. The predicted molar refractivity (Wildman–Crippen MR) is 90.0 cm³/mol. The number of nitrogens with zero attached hydrogens (tertiary/aromatic N) is 1. The SMILES string of the molecule is CNC(=O)C1CCC(NC(=O)[C@H]2CC(=O)N(C3CCCC3)C2)CC1. The van der Waals surface area contributed by atoms with Gasteiger partial charge in [-0.05, 0) is 38.5 Å². The summed E-state index contributed by atoms with van der Waals surface area (Å²) in [4.78, 5) is 38.3. The van der Waals surface area contributed by atoms with Crippen molar-refractivity contribution >= 4 is 17.7 Å². The summed E-state index contributed by atoms with van der Waals surface area (Å²) < 4.78 is 0. The van der Waals surface area contributed by atoms with Crippen LogP contribution < -0.4 is 10.6 Å². The topological polar surface area (TPSA) is 78.5 Å². The lowest BCUT2D eigenvalue weighted by molar-refractivity contribution is -0.130. The molecule has 0 radical (unpaired) electrons. The molecule has 0 aromatic rings. The Bertz CT molecular complexity index is 494. The lowest BCUT2D eigenvalue weighted by Gasteiger charge is -2.29. The Morgan fingerprint density at radius 2 is 1.62 bits per heavy atom. The van der Waals surface area contributed by atoms with Crippen molar-refractivity contribution < 1.29 is 14.4 Å². The van der Waals surface area contributed by atoms with E-state index in [4.69, 9.17) is 0 Å². The van der Waals surface area contributed by atoms with Gasteiger partial charge in [-0.1, -0.05) is 12.8 Å². The zero-order chi connectivity index (χ0) is 17.1. The lowest BCUT2D eigenvalue weighted by Crippen LogP contribution is -2.43. The van der Waals surface area contributed by atoms with Gasteiger partial charge in [0, 0.05) is 38.0 Å². The van der Waals surface area contributed by atoms with Crippen molar-refractivity contribution in [2.45, 2.75) is 69.9 Å². The number of carbonyl (C=O) groups excluding carboxylic acids is 3. The minimum absolute atomic E-state index is 0.0206. The molecule has 2 N–H and O–H groups in total. The van der Waals surface area contributed by atoms with Gasteiger partial charge in [0.1, 0.15) is 0 Å². The first-order valence-electron chi connectivity index (χ1n) is 9.40. The van der Waals surface area contributed by atoms with Gasteiger partial charge in [-0.2, -0.15) is 0 Å². The van der Waals surface area contributed by atoms with Gasteiger partial charge in [0.25, 0.3) is 0 Å². The monoisotopic (exact) mass is 335 g/mol. The maximum atomic E-state index is 12.5. The largest absolute Gasteiger partial charge is 0.359 e. The number of carbonyl (C=O) groups is 3. The maximum Gasteiger partial charge on any atom is 0.225 e. The standard InChI is InChI=1S/C18H29N3O3/c1-19-17(23)12-6-8-14(9-7-12)20-18(24)13-10-16(22)21(11-13)15-4-2-3-5-15/h12-15H,2-11H2,1H3,(H,19,23)(H,20,24)/t12?,13-,14?/m0/s1. The molecule has 0 aromatic heterocycles. The fourth-order valence-electron chi connectivity index (χ4n) is 4.50. The number of amides is 3. The second kappa shape index (κ2) is 7.53. The van der Waals surface area contributed by atoms with Crippen LogP contribution in [0.25, 0.3) is 0 Å². The maximum absolute atomic E-state index is 12.5. The van der Waals surface area contributed by atoms with E-state index in [1.54, 1.807) is 7.05 Å². The number of likely N-dealkylation sites (tertiary alicyclic amines) is 1. The molecule has 0 unspecified atom stereocenters. The van der Waals surface area contributed by atoms with Crippen LogP contribution in [0.15, 0.2) is 0 Å². The molecule has 6 heteroatoms. The average Bonchev–Trinajstić information content (AvgIpc) is 3.24. The van der Waals surface area contributed by atoms with Crippen molar-refractivity contribution in [1.29, 1.82) is 0 Å². The predicted octanol–water partition coefficient (Wildman–Crippen LogP) is 1.20. The van der Waals surface area contributed by atoms with Crippen LogP contribution >= 0.6 is 0 Å². The highest BCUT2D eigenvalue weighted by Crippen LogP contribution is 2.30. The first kappa shape index (κ1) is 17.2. The van der Waals surface area contributed by atoms with E-state index in [9.17, 15) is 14.4 Å². The molecule has 2 aliphatic carbocycles. The van der Waals surface area contributed by atoms with E-state index >= 15 is 0 Å². The smallest absolute Gasteiger partial charge is 0.225 e. The fraction of sp³-hybridized carbons (Fsp3) is 0.833. The molecule has 1 saturated heterocycles. The van der Waals surface area contributed by atoms with E-state index < -0.39 is 0 Å². The fourth-order valence-corrected chi connectivity index (χ4v) is 4.50. The summed E-state index contributed by atoms with van der Waals surface area (Å²) in [5.74, 6) is 0.148. The third-order valence-corrected chi connectivity index (χ3v) is 5.99. The van der Waals surface area contributed by atoms with Crippen LogP contribution in [0.5, 0.6) is 0 Å². The van der Waals surface area contributed by atoms with Gasteiger partial charge in [0.15, 0.2) is 0 Å². The second-order valence-electron chi connectivity index (χ2n) is 7.56. The highest BCUT2D eigenvalue weighted by molar-refractivity contribution is 5.89. The van der Waals surface area contributed by atoms with Gasteiger partial charge in [-0.25, -0.2) is 0 Å². The highest BCUT2D eigenvalue weighted by atomic mass is 16.2. The summed E-state index contributed by atoms with van der Waals surface area (Å²) in [5.41, 5.74) is 0. The van der Waals surface area contributed by atoms with Crippen LogP contribution in [0.4, 0.5) is 0 Å². The van der Waals surface area contributed by atoms with E-state index in [0.29, 0.717) is 19.0 Å². The Balaban J connectivity index is 1.46. The van der Waals surface area contributed by atoms with Gasteiger partial charge in [0.05, 0.1) is 5.92 Å². The molecule has 1 heterocycles. The molecule has 6 nitrogen and oxygen atoms in total. The van der Waals surface area contributed by atoms with Crippen LogP contribution in [0.2, 0.25) is 0 Å². The Hall–Kier alpha value is -1.59. The first-order chi connectivity index (χ1) is 11.6. The molecule has 24 heavy (non-hydrogen) atoms. The molecule has 0 aromatic carbocycles. The third kappa shape index (κ3) is 3.73. The van der Waals surface area contributed by atoms with Gasteiger partial charge in [-0.3, -0.25) is 14.4 Å². The number of hydrogen-bond donors (Lipinski definition) is 2. The Kier molecular flexibility index (Phi) is 5.41. The molecule has 3 amide bonds. The van der Waals surface area contributed by atoms with Crippen molar-refractivity contribution in [3.05, 3.63) is 0 Å². The van der Waals surface area contributed by atoms with Crippen LogP contribution in [0.3, 0.4) is 0 Å². The highest BCUT2D eigenvalue weighted by Gasteiger charge is 2.39. The van der Waals surface area contributed by atoms with E-state index in [0.717, 1.165) is 38.5 Å². The van der Waals surface area contributed by atoms with Crippen LogP contribution in [0, 0.1) is 11.8 Å². The van der Waals surface area contributed by atoms with Crippen LogP contribution in [-0.4, -0.2) is 48.3 Å². The summed E-state index contributed by atoms with van der Waals surface area (Å²) in [6.07, 6.45) is 8.25. The van der Waals surface area contributed by atoms with Crippen molar-refractivity contribution in [3.8, 4) is 0 Å². The van der Waals surface area contributed by atoms with Crippen molar-refractivity contribution in [1.82, 2.24) is 15.5 Å². The molecule has 2 saturated carbocycles. The average molecular weight is 335 g/mol. The van der Waals surface area contributed by atoms with Gasteiger partial charge >= 0.3 is 0 Å². The van der Waals surface area contributed by atoms with Crippen LogP contribution in [0.1, 0.15) is 57.8 Å². The molecule has 3 rings (SSSR count). The normalized spacial score (nSPS) is 31.3. The van der Waals surface area contributed by atoms with Crippen molar-refractivity contribution in [3.63, 3.8) is 0 Å². The summed E-state index contributed by atoms with van der Waals surface area (Å²) in [6.45, 7) is 0.586. The minimum Gasteiger partial charge on any atom is -0.359 e. The molecule has 0 bridgehead atoms. The zero-order valence-corrected chi connectivity index (χ0v) is 14.6. The van der Waals surface area contributed by atoms with E-state index in [2.05, 4.69) is 10.6 Å². The van der Waals surface area contributed by atoms with Crippen molar-refractivity contribution in [2.24, 2.45) is 11.8 Å². The molecular weight excluding hydrogens is 306 g/mol. The Morgan fingerprint density at radius 1 is 0.958 bits per heavy atom. The Labute approximate surface area is 143 Å². The summed E-state index contributed by atoms with van der Waals surface area (Å²) in [6, 6.07) is 0.507. The van der Waals surface area contributed by atoms with Crippen molar-refractivity contribution in [2.75, 3.05) is 13.6 Å². The van der Waals surface area contributed by atoms with E-state index in [-0.39, 0.29) is 35.6 Å². The zero-order valence-electron chi connectivity index (χ0n) is 14.6. The summed E-state index contributed by atoms with van der Waals surface area (Å²) >= 11 is 0. The lowest BCUT2D eigenvalue weighted by atomic mass is 9.85.